The van der Waals surface area contributed by atoms with Gasteiger partial charge in [0.05, 0.1) is 5.92 Å². The molecule has 0 saturated carbocycles. The third kappa shape index (κ3) is 24.0. The van der Waals surface area contributed by atoms with Gasteiger partial charge in [-0.1, -0.05) is 110 Å². The van der Waals surface area contributed by atoms with Gasteiger partial charge in [0.15, 0.2) is 5.25 Å². The van der Waals surface area contributed by atoms with Crippen LogP contribution in [0.25, 0.3) is 0 Å². The summed E-state index contributed by atoms with van der Waals surface area (Å²) >= 11 is 0. The second-order valence-corrected chi connectivity index (χ2v) is 9.85. The average molecular weight is 523 g/mol. The Morgan fingerprint density at radius 1 is 0.636 bits per heavy atom. The molecule has 0 aromatic carbocycles. The second kappa shape index (κ2) is 26.9. The Hall–Kier alpha value is 1.85. The molecular formula is C22H45Na3O7S. The van der Waals surface area contributed by atoms with Gasteiger partial charge in [0, 0.05) is 0 Å². The van der Waals surface area contributed by atoms with Gasteiger partial charge in [0.2, 0.25) is 0 Å². The Morgan fingerprint density at radius 2 is 0.939 bits per heavy atom. The molecule has 33 heavy (non-hydrogen) atoms. The van der Waals surface area contributed by atoms with Crippen molar-refractivity contribution in [2.24, 2.45) is 5.92 Å². The average Bonchev–Trinajstić information content (AvgIpc) is 2.65. The SMILES string of the molecule is CCCCCCCCCCCCCCCCCCC(C(=O)O)C(C(=O)O)S(=O)(=O)O.[H-].[H-].[H-].[Na+].[Na+].[Na+]. The van der Waals surface area contributed by atoms with Crippen LogP contribution in [-0.2, 0) is 19.7 Å². The van der Waals surface area contributed by atoms with E-state index in [1.807, 2.05) is 0 Å². The Balaban J connectivity index is -0.000000280. The van der Waals surface area contributed by atoms with Crippen molar-refractivity contribution in [1.29, 1.82) is 0 Å². The number of hydrogen-bond donors (Lipinski definition) is 3. The number of unbranched alkanes of at least 4 members (excludes halogenated alkanes) is 15. The minimum Gasteiger partial charge on any atom is -1.00 e. The first-order valence-electron chi connectivity index (χ1n) is 11.6. The van der Waals surface area contributed by atoms with Crippen LogP contribution in [0.2, 0.25) is 0 Å². The first kappa shape index (κ1) is 42.0. The van der Waals surface area contributed by atoms with Gasteiger partial charge in [0.25, 0.3) is 10.1 Å². The van der Waals surface area contributed by atoms with E-state index >= 15 is 0 Å². The van der Waals surface area contributed by atoms with Crippen molar-refractivity contribution >= 4 is 22.1 Å². The molecule has 0 heterocycles. The summed E-state index contributed by atoms with van der Waals surface area (Å²) in [5.74, 6) is -4.98. The van der Waals surface area contributed by atoms with Crippen LogP contribution >= 0.6 is 0 Å². The van der Waals surface area contributed by atoms with E-state index in [9.17, 15) is 18.0 Å². The maximum Gasteiger partial charge on any atom is 1.00 e. The number of aliphatic carboxylic acids is 2. The molecule has 184 valence electrons. The zero-order chi connectivity index (χ0) is 22.8. The number of hydrogen-bond acceptors (Lipinski definition) is 4. The van der Waals surface area contributed by atoms with Gasteiger partial charge in [-0.15, -0.1) is 0 Å². The molecule has 3 N–H and O–H groups in total. The van der Waals surface area contributed by atoms with E-state index in [0.29, 0.717) is 6.42 Å². The molecule has 0 rings (SSSR count). The zero-order valence-corrected chi connectivity index (χ0v) is 28.4. The Bertz CT molecular complexity index is 589. The van der Waals surface area contributed by atoms with Gasteiger partial charge in [-0.05, 0) is 6.42 Å². The number of carboxylic acid groups (broad SMARTS) is 2. The minimum atomic E-state index is -4.96. The summed E-state index contributed by atoms with van der Waals surface area (Å²) in [6, 6.07) is 0. The van der Waals surface area contributed by atoms with E-state index in [0.717, 1.165) is 25.7 Å². The molecule has 0 aromatic heterocycles. The molecule has 0 saturated heterocycles. The molecule has 0 aromatic rings. The quantitative estimate of drug-likeness (QED) is 0.0834. The van der Waals surface area contributed by atoms with Gasteiger partial charge >= 0.3 is 101 Å². The van der Waals surface area contributed by atoms with Crippen molar-refractivity contribution in [2.75, 3.05) is 0 Å². The van der Waals surface area contributed by atoms with Crippen molar-refractivity contribution < 1.29 is 126 Å². The standard InChI is InChI=1S/C22H42O7S.3Na.3H/c1-2-3-4-5-6-7-8-9-10-11-12-13-14-15-16-17-18-19(21(23)24)20(22(25)26)30(27,28)29;;;;;;/h19-20H,2-18H2,1H3,(H,23,24)(H,25,26)(H,27,28,29);;;;;;/q;3*+1;3*-1. The largest absolute Gasteiger partial charge is 1.00 e. The molecule has 0 spiro atoms. The van der Waals surface area contributed by atoms with Crippen LogP contribution in [0.1, 0.15) is 120 Å². The molecule has 0 aliphatic carbocycles. The molecule has 2 atom stereocenters. The molecule has 0 fully saturated rings. The third-order valence-corrected chi connectivity index (χ3v) is 6.79. The number of carboxylic acids is 2. The Kier molecular flexibility index (Phi) is 34.2. The first-order valence-corrected chi connectivity index (χ1v) is 13.1. The summed E-state index contributed by atoms with van der Waals surface area (Å²) < 4.78 is 31.4. The summed E-state index contributed by atoms with van der Waals surface area (Å²) in [5.41, 5.74) is 0. The van der Waals surface area contributed by atoms with Gasteiger partial charge in [-0.25, -0.2) is 0 Å². The van der Waals surface area contributed by atoms with Crippen LogP contribution in [0.4, 0.5) is 0 Å². The number of carbonyl (C=O) groups is 2. The molecule has 11 heteroatoms. The van der Waals surface area contributed by atoms with Gasteiger partial charge in [0.1, 0.15) is 0 Å². The monoisotopic (exact) mass is 522 g/mol. The van der Waals surface area contributed by atoms with Gasteiger partial charge in [-0.2, -0.15) is 8.42 Å². The summed E-state index contributed by atoms with van der Waals surface area (Å²) in [6.45, 7) is 2.24. The molecule has 0 radical (unpaired) electrons. The smallest absolute Gasteiger partial charge is 1.00 e. The van der Waals surface area contributed by atoms with E-state index in [4.69, 9.17) is 14.8 Å². The second-order valence-electron chi connectivity index (χ2n) is 8.31. The Labute approximate surface area is 272 Å². The van der Waals surface area contributed by atoms with E-state index < -0.39 is 33.2 Å². The molecule has 0 aliphatic rings. The summed E-state index contributed by atoms with van der Waals surface area (Å²) in [4.78, 5) is 22.3. The van der Waals surface area contributed by atoms with Crippen molar-refractivity contribution in [3.8, 4) is 0 Å². The molecular weight excluding hydrogens is 477 g/mol. The van der Waals surface area contributed by atoms with Crippen molar-refractivity contribution in [3.63, 3.8) is 0 Å². The van der Waals surface area contributed by atoms with Gasteiger partial charge < -0.3 is 14.5 Å². The molecule has 7 nitrogen and oxygen atoms in total. The van der Waals surface area contributed by atoms with Crippen LogP contribution in [0, 0.1) is 5.92 Å². The van der Waals surface area contributed by atoms with Crippen LogP contribution in [0.3, 0.4) is 0 Å². The normalized spacial score (nSPS) is 12.5. The Morgan fingerprint density at radius 3 is 1.18 bits per heavy atom. The summed E-state index contributed by atoms with van der Waals surface area (Å²) in [5, 5.41) is 15.8. The minimum absolute atomic E-state index is 0. The first-order chi connectivity index (χ1) is 14.2. The van der Waals surface area contributed by atoms with Crippen LogP contribution in [0.15, 0.2) is 0 Å². The third-order valence-electron chi connectivity index (χ3n) is 5.62. The number of rotatable bonds is 21. The fourth-order valence-electron chi connectivity index (χ4n) is 3.82. The van der Waals surface area contributed by atoms with Crippen molar-refractivity contribution in [2.45, 2.75) is 121 Å². The van der Waals surface area contributed by atoms with E-state index in [-0.39, 0.29) is 99.4 Å². The van der Waals surface area contributed by atoms with Crippen LogP contribution < -0.4 is 88.7 Å². The zero-order valence-electron chi connectivity index (χ0n) is 24.6. The molecule has 0 amide bonds. The van der Waals surface area contributed by atoms with Crippen LogP contribution in [-0.4, -0.2) is 40.4 Å². The predicted molar refractivity (Wildman–Crippen MR) is 122 cm³/mol. The predicted octanol–water partition coefficient (Wildman–Crippen LogP) is -2.97. The molecule has 0 aliphatic heterocycles. The van der Waals surface area contributed by atoms with E-state index in [1.165, 1.54) is 70.6 Å². The van der Waals surface area contributed by atoms with Gasteiger partial charge in [-0.3, -0.25) is 14.1 Å². The fourth-order valence-corrected chi connectivity index (χ4v) is 4.75. The van der Waals surface area contributed by atoms with Crippen LogP contribution in [0.5, 0.6) is 0 Å². The topological polar surface area (TPSA) is 129 Å². The maximum absolute atomic E-state index is 11.2. The molecule has 2 unspecified atom stereocenters. The van der Waals surface area contributed by atoms with Crippen molar-refractivity contribution in [3.05, 3.63) is 0 Å². The summed E-state index contributed by atoms with van der Waals surface area (Å²) in [6.07, 6.45) is 18.6. The fraction of sp³-hybridized carbons (Fsp3) is 0.909. The van der Waals surface area contributed by atoms with Crippen molar-refractivity contribution in [1.82, 2.24) is 0 Å². The van der Waals surface area contributed by atoms with E-state index in [1.54, 1.807) is 0 Å². The summed E-state index contributed by atoms with van der Waals surface area (Å²) in [7, 11) is -4.96. The maximum atomic E-state index is 11.2. The van der Waals surface area contributed by atoms with E-state index in [2.05, 4.69) is 6.92 Å². The molecule has 0 bridgehead atoms.